The van der Waals surface area contributed by atoms with Gasteiger partial charge in [-0.2, -0.15) is 0 Å². The van der Waals surface area contributed by atoms with Crippen LogP contribution >= 0.6 is 11.6 Å². The Kier molecular flexibility index (Phi) is 6.21. The van der Waals surface area contributed by atoms with Crippen molar-refractivity contribution in [1.29, 1.82) is 0 Å². The second-order valence-corrected chi connectivity index (χ2v) is 8.44. The minimum absolute atomic E-state index is 0.0819. The number of nitrogens with zero attached hydrogens (tertiary/aromatic N) is 3. The zero-order valence-electron chi connectivity index (χ0n) is 18.2. The van der Waals surface area contributed by atoms with Crippen LogP contribution in [0.1, 0.15) is 10.4 Å². The Morgan fingerprint density at radius 3 is 2.76 bits per heavy atom. The normalized spacial score (nSPS) is 18.3. The van der Waals surface area contributed by atoms with Crippen LogP contribution < -0.4 is 15.1 Å². The summed E-state index contributed by atoms with van der Waals surface area (Å²) in [5.41, 5.74) is 1.80. The molecule has 2 aliphatic rings. The van der Waals surface area contributed by atoms with Gasteiger partial charge in [0, 0.05) is 18.5 Å². The molecule has 3 heterocycles. The number of rotatable bonds is 5. The van der Waals surface area contributed by atoms with Crippen molar-refractivity contribution in [2.45, 2.75) is 6.10 Å². The fourth-order valence-corrected chi connectivity index (χ4v) is 4.35. The average molecular weight is 485 g/mol. The van der Waals surface area contributed by atoms with Gasteiger partial charge in [-0.25, -0.2) is 14.2 Å². The Hall–Kier alpha value is -3.43. The van der Waals surface area contributed by atoms with E-state index in [4.69, 9.17) is 21.1 Å². The first-order valence-electron chi connectivity index (χ1n) is 10.9. The fourth-order valence-electron chi connectivity index (χ4n) is 4.12. The molecule has 34 heavy (non-hydrogen) atoms. The molecule has 2 saturated heterocycles. The third-order valence-corrected chi connectivity index (χ3v) is 6.17. The smallest absolute Gasteiger partial charge is 0.414 e. The van der Waals surface area contributed by atoms with Gasteiger partial charge in [0.05, 0.1) is 48.8 Å². The van der Waals surface area contributed by atoms with Crippen LogP contribution in [-0.4, -0.2) is 62.5 Å². The number of hydrogen-bond acceptors (Lipinski definition) is 6. The molecule has 176 valence electrons. The molecule has 3 aromatic rings. The standard InChI is InChI=1S/C24H22ClFN4O4/c25-22-18(11-15-3-1-2-4-20(15)28-22)23(31)27-13-17-14-30(24(32)34-17)16-5-6-21(19(26)12-16)29-7-9-33-10-8-29/h1-6,11-12,17H,7-10,13-14H2,(H,27,31)/t17-/m0/s1. The summed E-state index contributed by atoms with van der Waals surface area (Å²) in [5.74, 6) is -0.832. The second-order valence-electron chi connectivity index (χ2n) is 8.08. The van der Waals surface area contributed by atoms with Crippen molar-refractivity contribution in [3.8, 4) is 0 Å². The lowest BCUT2D eigenvalue weighted by Gasteiger charge is -2.29. The minimum Gasteiger partial charge on any atom is -0.442 e. The quantitative estimate of drug-likeness (QED) is 0.557. The SMILES string of the molecule is O=C(NC[C@H]1CN(c2ccc(N3CCOCC3)c(F)c2)C(=O)O1)c1cc2ccccc2nc1Cl. The lowest BCUT2D eigenvalue weighted by Crippen LogP contribution is -2.37. The highest BCUT2D eigenvalue weighted by Crippen LogP contribution is 2.28. The molecule has 5 rings (SSSR count). The van der Waals surface area contributed by atoms with Crippen LogP contribution in [0, 0.1) is 5.82 Å². The highest BCUT2D eigenvalue weighted by molar-refractivity contribution is 6.33. The fraction of sp³-hybridized carbons (Fsp3) is 0.292. The van der Waals surface area contributed by atoms with E-state index < -0.39 is 23.9 Å². The number of cyclic esters (lactones) is 1. The number of morpholine rings is 1. The van der Waals surface area contributed by atoms with Crippen LogP contribution in [0.4, 0.5) is 20.6 Å². The molecule has 1 aromatic heterocycles. The van der Waals surface area contributed by atoms with Gasteiger partial charge in [0.25, 0.3) is 5.91 Å². The van der Waals surface area contributed by atoms with Crippen molar-refractivity contribution in [2.24, 2.45) is 0 Å². The van der Waals surface area contributed by atoms with E-state index in [1.165, 1.54) is 11.0 Å². The molecule has 1 atom stereocenters. The van der Waals surface area contributed by atoms with Crippen molar-refractivity contribution in [1.82, 2.24) is 10.3 Å². The first-order valence-corrected chi connectivity index (χ1v) is 11.3. The van der Waals surface area contributed by atoms with Gasteiger partial charge in [0.15, 0.2) is 0 Å². The van der Waals surface area contributed by atoms with E-state index in [0.717, 1.165) is 5.39 Å². The summed E-state index contributed by atoms with van der Waals surface area (Å²) >= 11 is 6.19. The summed E-state index contributed by atoms with van der Waals surface area (Å²) in [7, 11) is 0. The topological polar surface area (TPSA) is 84.0 Å². The van der Waals surface area contributed by atoms with E-state index in [2.05, 4.69) is 10.3 Å². The number of aromatic nitrogens is 1. The summed E-state index contributed by atoms with van der Waals surface area (Å²) in [6.45, 7) is 2.58. The zero-order valence-corrected chi connectivity index (χ0v) is 18.9. The maximum Gasteiger partial charge on any atom is 0.414 e. The van der Waals surface area contributed by atoms with Crippen molar-refractivity contribution >= 4 is 45.9 Å². The first kappa shape index (κ1) is 22.4. The molecule has 0 spiro atoms. The summed E-state index contributed by atoms with van der Waals surface area (Å²) in [6, 6.07) is 13.7. The summed E-state index contributed by atoms with van der Waals surface area (Å²) < 4.78 is 25.5. The summed E-state index contributed by atoms with van der Waals surface area (Å²) in [4.78, 5) is 32.6. The largest absolute Gasteiger partial charge is 0.442 e. The van der Waals surface area contributed by atoms with Crippen LogP contribution in [0.25, 0.3) is 10.9 Å². The molecular weight excluding hydrogens is 463 g/mol. The molecule has 0 bridgehead atoms. The van der Waals surface area contributed by atoms with Crippen LogP contribution in [0.5, 0.6) is 0 Å². The van der Waals surface area contributed by atoms with Gasteiger partial charge in [0.1, 0.15) is 17.1 Å². The molecule has 0 radical (unpaired) electrons. The average Bonchev–Trinajstić information content (AvgIpc) is 3.23. The number of ether oxygens (including phenoxy) is 2. The van der Waals surface area contributed by atoms with E-state index in [1.807, 2.05) is 29.2 Å². The highest BCUT2D eigenvalue weighted by atomic mass is 35.5. The maximum absolute atomic E-state index is 14.8. The second kappa shape index (κ2) is 9.44. The molecule has 2 amide bonds. The van der Waals surface area contributed by atoms with Gasteiger partial charge in [-0.05, 0) is 30.3 Å². The summed E-state index contributed by atoms with van der Waals surface area (Å²) in [5, 5.41) is 3.63. The summed E-state index contributed by atoms with van der Waals surface area (Å²) in [6.07, 6.45) is -1.19. The van der Waals surface area contributed by atoms with Gasteiger partial charge >= 0.3 is 6.09 Å². The van der Waals surface area contributed by atoms with Crippen LogP contribution in [0.15, 0.2) is 48.5 Å². The molecular formula is C24H22ClFN4O4. The molecule has 10 heteroatoms. The lowest BCUT2D eigenvalue weighted by molar-refractivity contribution is 0.0916. The predicted octanol–water partition coefficient (Wildman–Crippen LogP) is 3.62. The molecule has 0 saturated carbocycles. The molecule has 2 aliphatic heterocycles. The number of nitrogens with one attached hydrogen (secondary N) is 1. The van der Waals surface area contributed by atoms with Crippen molar-refractivity contribution in [2.75, 3.05) is 49.2 Å². The number of hydrogen-bond donors (Lipinski definition) is 1. The van der Waals surface area contributed by atoms with Crippen molar-refractivity contribution in [3.63, 3.8) is 0 Å². The molecule has 2 fully saturated rings. The first-order chi connectivity index (χ1) is 16.5. The number of anilines is 2. The van der Waals surface area contributed by atoms with E-state index in [1.54, 1.807) is 18.2 Å². The molecule has 2 aromatic carbocycles. The van der Waals surface area contributed by atoms with E-state index in [0.29, 0.717) is 43.2 Å². The van der Waals surface area contributed by atoms with Gasteiger partial charge in [-0.1, -0.05) is 29.8 Å². The number of pyridine rings is 1. The number of fused-ring (bicyclic) bond motifs is 1. The number of benzene rings is 2. The van der Waals surface area contributed by atoms with Gasteiger partial charge in [-0.3, -0.25) is 9.69 Å². The maximum atomic E-state index is 14.8. The van der Waals surface area contributed by atoms with E-state index in [9.17, 15) is 14.0 Å². The Morgan fingerprint density at radius 2 is 1.97 bits per heavy atom. The lowest BCUT2D eigenvalue weighted by atomic mass is 10.1. The Bertz CT molecular complexity index is 1250. The Morgan fingerprint density at radius 1 is 1.18 bits per heavy atom. The Labute approximate surface area is 200 Å². The van der Waals surface area contributed by atoms with Crippen LogP contribution in [0.2, 0.25) is 5.15 Å². The molecule has 1 N–H and O–H groups in total. The molecule has 0 unspecified atom stereocenters. The number of carbonyl (C=O) groups excluding carboxylic acids is 2. The number of amides is 2. The highest BCUT2D eigenvalue weighted by Gasteiger charge is 2.33. The third kappa shape index (κ3) is 4.49. The Balaban J connectivity index is 1.23. The minimum atomic E-state index is -0.594. The van der Waals surface area contributed by atoms with Gasteiger partial charge in [-0.15, -0.1) is 0 Å². The van der Waals surface area contributed by atoms with E-state index >= 15 is 0 Å². The predicted molar refractivity (Wildman–Crippen MR) is 126 cm³/mol. The molecule has 8 nitrogen and oxygen atoms in total. The van der Waals surface area contributed by atoms with Crippen LogP contribution in [-0.2, 0) is 9.47 Å². The number of carbonyl (C=O) groups is 2. The monoisotopic (exact) mass is 484 g/mol. The van der Waals surface area contributed by atoms with Gasteiger partial charge < -0.3 is 19.7 Å². The zero-order chi connectivity index (χ0) is 23.7. The van der Waals surface area contributed by atoms with Crippen LogP contribution in [0.3, 0.4) is 0 Å². The third-order valence-electron chi connectivity index (χ3n) is 5.88. The number of halogens is 2. The molecule has 0 aliphatic carbocycles. The van der Waals surface area contributed by atoms with Crippen molar-refractivity contribution < 1.29 is 23.5 Å². The number of para-hydroxylation sites is 1. The van der Waals surface area contributed by atoms with Crippen molar-refractivity contribution in [3.05, 3.63) is 65.1 Å². The van der Waals surface area contributed by atoms with Gasteiger partial charge in [0.2, 0.25) is 0 Å². The van der Waals surface area contributed by atoms with E-state index in [-0.39, 0.29) is 23.8 Å².